The molecule has 0 aromatic heterocycles. The topological polar surface area (TPSA) is 63.2 Å². The van der Waals surface area contributed by atoms with Crippen LogP contribution in [0.15, 0.2) is 26.2 Å². The molecule has 8 heteroatoms. The molecule has 0 bridgehead atoms. The summed E-state index contributed by atoms with van der Waals surface area (Å²) < 4.78 is 12.3. The molecule has 0 aliphatic carbocycles. The summed E-state index contributed by atoms with van der Waals surface area (Å²) in [6.07, 6.45) is 1.98. The van der Waals surface area contributed by atoms with Crippen LogP contribution >= 0.6 is 31.9 Å². The van der Waals surface area contributed by atoms with Gasteiger partial charge in [0.1, 0.15) is 5.75 Å². The van der Waals surface area contributed by atoms with E-state index < -0.39 is 0 Å². The van der Waals surface area contributed by atoms with E-state index in [-0.39, 0.29) is 5.91 Å². The Labute approximate surface area is 152 Å². The molecule has 1 aliphatic heterocycles. The third kappa shape index (κ3) is 5.87. The predicted molar refractivity (Wildman–Crippen MR) is 96.0 cm³/mol. The Bertz CT molecular complexity index is 575. The van der Waals surface area contributed by atoms with Crippen molar-refractivity contribution in [2.45, 2.75) is 6.42 Å². The maximum absolute atomic E-state index is 11.8. The van der Waals surface area contributed by atoms with Gasteiger partial charge in [0.25, 0.3) is 0 Å². The molecule has 1 fully saturated rings. The molecule has 1 N–H and O–H groups in total. The van der Waals surface area contributed by atoms with E-state index in [1.165, 1.54) is 0 Å². The van der Waals surface area contributed by atoms with Crippen LogP contribution < -0.4 is 10.2 Å². The molecule has 1 heterocycles. The molecule has 0 radical (unpaired) electrons. The second-order valence-electron chi connectivity index (χ2n) is 5.01. The average Bonchev–Trinajstić information content (AvgIpc) is 2.53. The van der Waals surface area contributed by atoms with Gasteiger partial charge in [-0.05, 0) is 28.1 Å². The van der Waals surface area contributed by atoms with Gasteiger partial charge in [-0.15, -0.1) is 0 Å². The van der Waals surface area contributed by atoms with Gasteiger partial charge in [0.05, 0.1) is 31.0 Å². The fourth-order valence-corrected chi connectivity index (χ4v) is 3.63. The summed E-state index contributed by atoms with van der Waals surface area (Å²) in [6, 6.07) is 3.75. The van der Waals surface area contributed by atoms with Crippen molar-refractivity contribution in [3.05, 3.63) is 26.6 Å². The fraction of sp³-hybridized carbons (Fsp3) is 0.467. The number of morpholine rings is 1. The number of hydrogen-bond acceptors (Lipinski definition) is 5. The van der Waals surface area contributed by atoms with Crippen molar-refractivity contribution in [1.29, 1.82) is 0 Å². The van der Waals surface area contributed by atoms with E-state index in [0.29, 0.717) is 12.2 Å². The van der Waals surface area contributed by atoms with Crippen molar-refractivity contribution >= 4 is 44.0 Å². The quantitative estimate of drug-likeness (QED) is 0.536. The summed E-state index contributed by atoms with van der Waals surface area (Å²) in [6.45, 7) is 3.94. The molecule has 6 nitrogen and oxygen atoms in total. The maximum atomic E-state index is 11.8. The number of amides is 1. The Morgan fingerprint density at radius 3 is 2.87 bits per heavy atom. The molecule has 1 aliphatic rings. The lowest BCUT2D eigenvalue weighted by Crippen LogP contribution is -2.38. The summed E-state index contributed by atoms with van der Waals surface area (Å²) in [7, 11) is 1.59. The van der Waals surface area contributed by atoms with Crippen LogP contribution in [0, 0.1) is 0 Å². The Balaban J connectivity index is 1.85. The predicted octanol–water partition coefficient (Wildman–Crippen LogP) is 2.39. The summed E-state index contributed by atoms with van der Waals surface area (Å²) in [5, 5.41) is 4.01. The van der Waals surface area contributed by atoms with Crippen LogP contribution in [0.25, 0.3) is 0 Å². The van der Waals surface area contributed by atoms with Crippen molar-refractivity contribution in [3.8, 4) is 5.75 Å². The van der Waals surface area contributed by atoms with Crippen molar-refractivity contribution in [3.63, 3.8) is 0 Å². The molecule has 1 saturated heterocycles. The van der Waals surface area contributed by atoms with Gasteiger partial charge in [-0.1, -0.05) is 15.9 Å². The zero-order chi connectivity index (χ0) is 16.7. The maximum Gasteiger partial charge on any atom is 0.241 e. The number of hydrazone groups is 1. The molecule has 1 amide bonds. The van der Waals surface area contributed by atoms with Crippen LogP contribution in [-0.4, -0.2) is 57.0 Å². The van der Waals surface area contributed by atoms with Gasteiger partial charge in [-0.3, -0.25) is 9.69 Å². The Kier molecular flexibility index (Phi) is 7.48. The highest BCUT2D eigenvalue weighted by Gasteiger charge is 2.12. The van der Waals surface area contributed by atoms with Gasteiger partial charge < -0.3 is 9.47 Å². The Morgan fingerprint density at radius 1 is 1.43 bits per heavy atom. The summed E-state index contributed by atoms with van der Waals surface area (Å²) in [5.74, 6) is 0.556. The standard InChI is InChI=1S/C15H19Br2N3O3/c1-22-15-11(8-12(16)9-13(15)17)10-18-19-14(21)2-3-20-4-6-23-7-5-20/h8-10H,2-7H2,1H3,(H,19,21)/b18-10+. The van der Waals surface area contributed by atoms with E-state index in [9.17, 15) is 4.79 Å². The molecule has 0 spiro atoms. The fourth-order valence-electron chi connectivity index (χ4n) is 2.21. The van der Waals surface area contributed by atoms with Crippen LogP contribution in [0.5, 0.6) is 5.75 Å². The van der Waals surface area contributed by atoms with Crippen molar-refractivity contribution in [1.82, 2.24) is 10.3 Å². The van der Waals surface area contributed by atoms with Crippen LogP contribution in [0.1, 0.15) is 12.0 Å². The van der Waals surface area contributed by atoms with Crippen LogP contribution in [0.3, 0.4) is 0 Å². The van der Waals surface area contributed by atoms with Gasteiger partial charge in [0, 0.05) is 36.1 Å². The number of carbonyl (C=O) groups is 1. The zero-order valence-corrected chi connectivity index (χ0v) is 16.0. The number of methoxy groups -OCH3 is 1. The Morgan fingerprint density at radius 2 is 2.17 bits per heavy atom. The van der Waals surface area contributed by atoms with Crippen LogP contribution in [-0.2, 0) is 9.53 Å². The van der Waals surface area contributed by atoms with E-state index >= 15 is 0 Å². The molecule has 1 aromatic carbocycles. The molecule has 126 valence electrons. The highest BCUT2D eigenvalue weighted by molar-refractivity contribution is 9.11. The minimum Gasteiger partial charge on any atom is -0.495 e. The average molecular weight is 449 g/mol. The summed E-state index contributed by atoms with van der Waals surface area (Å²) in [5.41, 5.74) is 3.31. The van der Waals surface area contributed by atoms with Crippen LogP contribution in [0.2, 0.25) is 0 Å². The number of carbonyl (C=O) groups excluding carboxylic acids is 1. The lowest BCUT2D eigenvalue weighted by molar-refractivity contribution is -0.121. The van der Waals surface area contributed by atoms with Crippen LogP contribution in [0.4, 0.5) is 0 Å². The lowest BCUT2D eigenvalue weighted by atomic mass is 10.2. The summed E-state index contributed by atoms with van der Waals surface area (Å²) >= 11 is 6.84. The number of hydrogen-bond donors (Lipinski definition) is 1. The SMILES string of the molecule is COc1c(Br)cc(Br)cc1/C=N/NC(=O)CCN1CCOCC1. The molecule has 0 atom stereocenters. The largest absolute Gasteiger partial charge is 0.495 e. The smallest absolute Gasteiger partial charge is 0.241 e. The van der Waals surface area contributed by atoms with E-state index in [1.807, 2.05) is 12.1 Å². The highest BCUT2D eigenvalue weighted by atomic mass is 79.9. The van der Waals surface area contributed by atoms with Crippen molar-refractivity contribution in [2.75, 3.05) is 40.0 Å². The lowest BCUT2D eigenvalue weighted by Gasteiger charge is -2.25. The molecule has 2 rings (SSSR count). The number of ether oxygens (including phenoxy) is 2. The first-order valence-corrected chi connectivity index (χ1v) is 8.84. The van der Waals surface area contributed by atoms with Gasteiger partial charge in [0.15, 0.2) is 0 Å². The van der Waals surface area contributed by atoms with Gasteiger partial charge in [-0.25, -0.2) is 5.43 Å². The molecular weight excluding hydrogens is 430 g/mol. The van der Waals surface area contributed by atoms with Gasteiger partial charge in [-0.2, -0.15) is 5.10 Å². The number of nitrogens with one attached hydrogen (secondary N) is 1. The van der Waals surface area contributed by atoms with E-state index in [0.717, 1.165) is 47.4 Å². The first-order chi connectivity index (χ1) is 11.1. The van der Waals surface area contributed by atoms with E-state index in [4.69, 9.17) is 9.47 Å². The molecule has 23 heavy (non-hydrogen) atoms. The van der Waals surface area contributed by atoms with Gasteiger partial charge in [0.2, 0.25) is 5.91 Å². The second kappa shape index (κ2) is 9.36. The number of rotatable bonds is 6. The summed E-state index contributed by atoms with van der Waals surface area (Å²) in [4.78, 5) is 14.0. The Hall–Kier alpha value is -0.960. The molecule has 0 unspecified atom stereocenters. The van der Waals surface area contributed by atoms with E-state index in [2.05, 4.69) is 47.3 Å². The van der Waals surface area contributed by atoms with Crippen molar-refractivity contribution < 1.29 is 14.3 Å². The van der Waals surface area contributed by atoms with Crippen molar-refractivity contribution in [2.24, 2.45) is 5.10 Å². The second-order valence-corrected chi connectivity index (χ2v) is 6.78. The normalized spacial score (nSPS) is 15.8. The van der Waals surface area contributed by atoms with E-state index in [1.54, 1.807) is 13.3 Å². The number of benzene rings is 1. The highest BCUT2D eigenvalue weighted by Crippen LogP contribution is 2.31. The van der Waals surface area contributed by atoms with Gasteiger partial charge >= 0.3 is 0 Å². The number of nitrogens with zero attached hydrogens (tertiary/aromatic N) is 2. The molecular formula is C15H19Br2N3O3. The third-order valence-corrected chi connectivity index (χ3v) is 4.44. The molecule has 0 saturated carbocycles. The number of halogens is 2. The first-order valence-electron chi connectivity index (χ1n) is 7.25. The minimum absolute atomic E-state index is 0.110. The monoisotopic (exact) mass is 447 g/mol. The third-order valence-electron chi connectivity index (χ3n) is 3.39. The first kappa shape index (κ1) is 18.4. The molecule has 1 aromatic rings. The zero-order valence-electron chi connectivity index (χ0n) is 12.8. The minimum atomic E-state index is -0.110.